The number of aromatic amines is 1. The summed E-state index contributed by atoms with van der Waals surface area (Å²) >= 11 is 5.33. The topological polar surface area (TPSA) is 62.7 Å². The first kappa shape index (κ1) is 24.7. The minimum Gasteiger partial charge on any atom is -0.349 e. The standard InChI is InChI=1S/C24H27F3N4OS/c1-15(2)13-20(18-5-4-6-19(14-18)24(25,26)27)28-21(32)11-12-31-22(29-30-23(31)33)17-9-7-16(3)8-10-17/h4-10,14-15,20H,11-13H2,1-3H3,(H,28,32)(H,30,33). The van der Waals surface area contributed by atoms with Gasteiger partial charge in [0.25, 0.3) is 0 Å². The van der Waals surface area contributed by atoms with Gasteiger partial charge in [-0.25, -0.2) is 0 Å². The molecule has 0 aliphatic heterocycles. The summed E-state index contributed by atoms with van der Waals surface area (Å²) in [7, 11) is 0. The van der Waals surface area contributed by atoms with Gasteiger partial charge in [-0.1, -0.05) is 55.8 Å². The van der Waals surface area contributed by atoms with Gasteiger partial charge in [0.15, 0.2) is 10.6 Å². The Morgan fingerprint density at radius 2 is 1.88 bits per heavy atom. The summed E-state index contributed by atoms with van der Waals surface area (Å²) in [5.74, 6) is 0.543. The number of nitrogens with zero attached hydrogens (tertiary/aromatic N) is 2. The molecule has 5 nitrogen and oxygen atoms in total. The molecule has 1 amide bonds. The molecule has 0 aliphatic carbocycles. The molecule has 1 unspecified atom stereocenters. The van der Waals surface area contributed by atoms with Gasteiger partial charge in [0.2, 0.25) is 5.91 Å². The Morgan fingerprint density at radius 3 is 2.52 bits per heavy atom. The van der Waals surface area contributed by atoms with Gasteiger partial charge < -0.3 is 5.32 Å². The second-order valence-corrected chi connectivity index (χ2v) is 8.88. The molecule has 1 heterocycles. The molecule has 3 aromatic rings. The van der Waals surface area contributed by atoms with Crippen molar-refractivity contribution in [3.8, 4) is 11.4 Å². The van der Waals surface area contributed by atoms with Gasteiger partial charge in [-0.3, -0.25) is 14.5 Å². The van der Waals surface area contributed by atoms with Crippen LogP contribution in [0, 0.1) is 17.6 Å². The number of amides is 1. The van der Waals surface area contributed by atoms with Crippen molar-refractivity contribution in [2.45, 2.75) is 52.4 Å². The highest BCUT2D eigenvalue weighted by Crippen LogP contribution is 2.32. The second kappa shape index (κ2) is 10.3. The van der Waals surface area contributed by atoms with E-state index in [4.69, 9.17) is 12.2 Å². The third-order valence-corrected chi connectivity index (χ3v) is 5.60. The van der Waals surface area contributed by atoms with Crippen LogP contribution in [0.5, 0.6) is 0 Å². The minimum absolute atomic E-state index is 0.111. The van der Waals surface area contributed by atoms with E-state index >= 15 is 0 Å². The molecule has 0 radical (unpaired) electrons. The molecule has 1 atom stereocenters. The van der Waals surface area contributed by atoms with E-state index in [9.17, 15) is 18.0 Å². The van der Waals surface area contributed by atoms with Crippen molar-refractivity contribution >= 4 is 18.1 Å². The molecule has 2 aromatic carbocycles. The molecule has 9 heteroatoms. The number of hydrogen-bond donors (Lipinski definition) is 2. The Bertz CT molecular complexity index is 1150. The highest BCUT2D eigenvalue weighted by atomic mass is 32.1. The fraction of sp³-hybridized carbons (Fsp3) is 0.375. The van der Waals surface area contributed by atoms with E-state index in [0.29, 0.717) is 29.1 Å². The Hall–Kier alpha value is -2.94. The first-order chi connectivity index (χ1) is 15.5. The van der Waals surface area contributed by atoms with Crippen LogP contribution in [-0.2, 0) is 17.5 Å². The predicted molar refractivity (Wildman–Crippen MR) is 124 cm³/mol. The molecule has 2 N–H and O–H groups in total. The summed E-state index contributed by atoms with van der Waals surface area (Å²) in [6.07, 6.45) is -3.81. The lowest BCUT2D eigenvalue weighted by Gasteiger charge is -2.22. The molecule has 3 rings (SSSR count). The minimum atomic E-state index is -4.44. The van der Waals surface area contributed by atoms with Crippen LogP contribution in [0.25, 0.3) is 11.4 Å². The lowest BCUT2D eigenvalue weighted by molar-refractivity contribution is -0.137. The van der Waals surface area contributed by atoms with Gasteiger partial charge in [0.05, 0.1) is 11.6 Å². The number of halogens is 3. The van der Waals surface area contributed by atoms with Crippen LogP contribution >= 0.6 is 12.2 Å². The molecule has 0 saturated heterocycles. The SMILES string of the molecule is Cc1ccc(-c2n[nH]c(=S)n2CCC(=O)NC(CC(C)C)c2cccc(C(F)(F)F)c2)cc1. The summed E-state index contributed by atoms with van der Waals surface area (Å²) in [6, 6.07) is 12.4. The van der Waals surface area contributed by atoms with Crippen LogP contribution in [0.1, 0.15) is 49.4 Å². The Balaban J connectivity index is 1.74. The van der Waals surface area contributed by atoms with E-state index in [1.807, 2.05) is 45.0 Å². The zero-order valence-corrected chi connectivity index (χ0v) is 19.6. The second-order valence-electron chi connectivity index (χ2n) is 8.49. The monoisotopic (exact) mass is 476 g/mol. The quantitative estimate of drug-likeness (QED) is 0.379. The molecule has 0 spiro atoms. The number of H-pyrrole nitrogens is 1. The van der Waals surface area contributed by atoms with Crippen LogP contribution in [0.15, 0.2) is 48.5 Å². The van der Waals surface area contributed by atoms with Crippen molar-refractivity contribution in [3.05, 3.63) is 70.0 Å². The molecule has 0 saturated carbocycles. The summed E-state index contributed by atoms with van der Waals surface area (Å²) in [5, 5.41) is 9.95. The van der Waals surface area contributed by atoms with E-state index in [2.05, 4.69) is 15.5 Å². The van der Waals surface area contributed by atoms with Gasteiger partial charge >= 0.3 is 6.18 Å². The van der Waals surface area contributed by atoms with E-state index in [-0.39, 0.29) is 18.2 Å². The molecule has 1 aromatic heterocycles. The smallest absolute Gasteiger partial charge is 0.349 e. The molecule has 0 bridgehead atoms. The third-order valence-electron chi connectivity index (χ3n) is 5.29. The van der Waals surface area contributed by atoms with Gasteiger partial charge in [0.1, 0.15) is 0 Å². The number of alkyl halides is 3. The van der Waals surface area contributed by atoms with E-state index in [1.165, 1.54) is 6.07 Å². The van der Waals surface area contributed by atoms with E-state index in [1.54, 1.807) is 10.6 Å². The fourth-order valence-corrected chi connectivity index (χ4v) is 3.83. The van der Waals surface area contributed by atoms with Crippen LogP contribution in [-0.4, -0.2) is 20.7 Å². The summed E-state index contributed by atoms with van der Waals surface area (Å²) in [4.78, 5) is 12.8. The van der Waals surface area contributed by atoms with Gasteiger partial charge in [-0.15, -0.1) is 0 Å². The predicted octanol–water partition coefficient (Wildman–Crippen LogP) is 6.23. The van der Waals surface area contributed by atoms with Crippen LogP contribution < -0.4 is 5.32 Å². The van der Waals surface area contributed by atoms with Crippen molar-refractivity contribution in [3.63, 3.8) is 0 Å². The molecule has 0 aliphatic rings. The number of aromatic nitrogens is 3. The number of hydrogen-bond acceptors (Lipinski definition) is 3. The van der Waals surface area contributed by atoms with Crippen molar-refractivity contribution in [1.29, 1.82) is 0 Å². The van der Waals surface area contributed by atoms with Crippen LogP contribution in [0.2, 0.25) is 0 Å². The maximum Gasteiger partial charge on any atom is 0.416 e. The first-order valence-corrected chi connectivity index (χ1v) is 11.1. The van der Waals surface area contributed by atoms with Gasteiger partial charge in [-0.05, 0) is 49.2 Å². The van der Waals surface area contributed by atoms with Crippen molar-refractivity contribution < 1.29 is 18.0 Å². The number of rotatable bonds is 8. The van der Waals surface area contributed by atoms with Crippen molar-refractivity contribution in [2.24, 2.45) is 5.92 Å². The fourth-order valence-electron chi connectivity index (χ4n) is 3.61. The Morgan fingerprint density at radius 1 is 1.18 bits per heavy atom. The normalized spacial score (nSPS) is 12.7. The molecule has 176 valence electrons. The van der Waals surface area contributed by atoms with Gasteiger partial charge in [-0.2, -0.15) is 18.3 Å². The Kier molecular flexibility index (Phi) is 7.73. The number of carbonyl (C=O) groups is 1. The van der Waals surface area contributed by atoms with Crippen molar-refractivity contribution in [1.82, 2.24) is 20.1 Å². The third kappa shape index (κ3) is 6.54. The number of nitrogens with one attached hydrogen (secondary N) is 2. The zero-order chi connectivity index (χ0) is 24.2. The first-order valence-electron chi connectivity index (χ1n) is 10.7. The largest absolute Gasteiger partial charge is 0.416 e. The van der Waals surface area contributed by atoms with Crippen molar-refractivity contribution in [2.75, 3.05) is 0 Å². The lowest BCUT2D eigenvalue weighted by atomic mass is 9.95. The zero-order valence-electron chi connectivity index (χ0n) is 18.7. The van der Waals surface area contributed by atoms with Crippen LogP contribution in [0.4, 0.5) is 13.2 Å². The summed E-state index contributed by atoms with van der Waals surface area (Å²) < 4.78 is 41.6. The average Bonchev–Trinajstić information content (AvgIpc) is 3.12. The molecule has 33 heavy (non-hydrogen) atoms. The summed E-state index contributed by atoms with van der Waals surface area (Å²) in [6.45, 7) is 6.21. The Labute approximate surface area is 196 Å². The highest BCUT2D eigenvalue weighted by Gasteiger charge is 2.31. The van der Waals surface area contributed by atoms with E-state index in [0.717, 1.165) is 23.3 Å². The maximum absolute atomic E-state index is 13.2. The maximum atomic E-state index is 13.2. The molecular formula is C24H27F3N4OS. The van der Waals surface area contributed by atoms with Gasteiger partial charge in [0, 0.05) is 18.5 Å². The average molecular weight is 477 g/mol. The molecular weight excluding hydrogens is 449 g/mol. The highest BCUT2D eigenvalue weighted by molar-refractivity contribution is 7.71. The summed E-state index contributed by atoms with van der Waals surface area (Å²) in [5.41, 5.74) is 1.70. The van der Waals surface area contributed by atoms with Crippen LogP contribution in [0.3, 0.4) is 0 Å². The number of carbonyl (C=O) groups excluding carboxylic acids is 1. The lowest BCUT2D eigenvalue weighted by Crippen LogP contribution is -2.30. The van der Waals surface area contributed by atoms with E-state index < -0.39 is 17.8 Å². The number of aryl methyl sites for hydroxylation is 1. The number of benzene rings is 2. The molecule has 0 fully saturated rings.